The number of H-pyrrole nitrogens is 1. The van der Waals surface area contributed by atoms with Crippen molar-refractivity contribution in [1.29, 1.82) is 0 Å². The molecule has 8 nitrogen and oxygen atoms in total. The third-order valence-electron chi connectivity index (χ3n) is 2.60. The summed E-state index contributed by atoms with van der Waals surface area (Å²) in [7, 11) is -1.56. The maximum atomic E-state index is 11.9. The van der Waals surface area contributed by atoms with Gasteiger partial charge in [0.05, 0.1) is 12.3 Å². The molecule has 2 rings (SSSR count). The van der Waals surface area contributed by atoms with Crippen molar-refractivity contribution in [3.8, 4) is 0 Å². The SMILES string of the molecule is CNCc1ccc(CS(=O)(=O)NCc2nn[nH]n2)cc1. The quantitative estimate of drug-likeness (QED) is 0.637. The minimum Gasteiger partial charge on any atom is -0.316 e. The lowest BCUT2D eigenvalue weighted by molar-refractivity contribution is 0.578. The summed E-state index contributed by atoms with van der Waals surface area (Å²) in [5.74, 6) is 0.225. The number of tetrazole rings is 1. The average molecular weight is 296 g/mol. The van der Waals surface area contributed by atoms with Crippen LogP contribution in [0.25, 0.3) is 0 Å². The highest BCUT2D eigenvalue weighted by Gasteiger charge is 2.12. The Morgan fingerprint density at radius 1 is 1.15 bits per heavy atom. The number of aromatic amines is 1. The van der Waals surface area contributed by atoms with Gasteiger partial charge in [-0.15, -0.1) is 10.2 Å². The van der Waals surface area contributed by atoms with Crippen LogP contribution in [-0.2, 0) is 28.9 Å². The van der Waals surface area contributed by atoms with Crippen LogP contribution in [0.1, 0.15) is 17.0 Å². The number of benzene rings is 1. The van der Waals surface area contributed by atoms with Crippen LogP contribution in [0.5, 0.6) is 0 Å². The maximum absolute atomic E-state index is 11.9. The molecule has 0 amide bonds. The van der Waals surface area contributed by atoms with Gasteiger partial charge in [-0.05, 0) is 18.2 Å². The molecular weight excluding hydrogens is 280 g/mol. The van der Waals surface area contributed by atoms with Crippen LogP contribution in [0.4, 0.5) is 0 Å². The summed E-state index contributed by atoms with van der Waals surface area (Å²) < 4.78 is 26.2. The Balaban J connectivity index is 1.93. The van der Waals surface area contributed by atoms with Crippen LogP contribution in [0, 0.1) is 0 Å². The normalized spacial score (nSPS) is 11.7. The van der Waals surface area contributed by atoms with Gasteiger partial charge < -0.3 is 5.32 Å². The minimum atomic E-state index is -3.42. The average Bonchev–Trinajstić information content (AvgIpc) is 2.92. The molecule has 9 heteroatoms. The zero-order chi connectivity index (χ0) is 14.4. The zero-order valence-electron chi connectivity index (χ0n) is 11.0. The molecule has 1 heterocycles. The number of rotatable bonds is 7. The Kier molecular flexibility index (Phi) is 4.77. The van der Waals surface area contributed by atoms with E-state index in [-0.39, 0.29) is 12.3 Å². The number of nitrogens with one attached hydrogen (secondary N) is 3. The van der Waals surface area contributed by atoms with E-state index < -0.39 is 10.0 Å². The van der Waals surface area contributed by atoms with E-state index in [2.05, 4.69) is 30.7 Å². The molecule has 0 saturated carbocycles. The first-order valence-electron chi connectivity index (χ1n) is 6.01. The molecule has 3 N–H and O–H groups in total. The second-order valence-corrected chi connectivity index (χ2v) is 6.06. The topological polar surface area (TPSA) is 113 Å². The Morgan fingerprint density at radius 2 is 1.85 bits per heavy atom. The van der Waals surface area contributed by atoms with Crippen LogP contribution in [-0.4, -0.2) is 36.1 Å². The highest BCUT2D eigenvalue weighted by atomic mass is 32.2. The minimum absolute atomic E-state index is 0.0245. The molecule has 0 spiro atoms. The fraction of sp³-hybridized carbons (Fsp3) is 0.364. The lowest BCUT2D eigenvalue weighted by Crippen LogP contribution is -2.25. The van der Waals surface area contributed by atoms with Crippen molar-refractivity contribution < 1.29 is 8.42 Å². The summed E-state index contributed by atoms with van der Waals surface area (Å²) in [5, 5.41) is 16.0. The van der Waals surface area contributed by atoms with Gasteiger partial charge in [0.2, 0.25) is 10.0 Å². The van der Waals surface area contributed by atoms with Crippen LogP contribution in [0.15, 0.2) is 24.3 Å². The Labute approximate surface area is 117 Å². The van der Waals surface area contributed by atoms with E-state index in [1.165, 1.54) is 0 Å². The van der Waals surface area contributed by atoms with Crippen LogP contribution in [0.3, 0.4) is 0 Å². The number of hydrogen-bond acceptors (Lipinski definition) is 6. The van der Waals surface area contributed by atoms with E-state index in [1.807, 2.05) is 19.2 Å². The molecule has 0 bridgehead atoms. The van der Waals surface area contributed by atoms with E-state index in [9.17, 15) is 8.42 Å². The largest absolute Gasteiger partial charge is 0.316 e. The monoisotopic (exact) mass is 296 g/mol. The summed E-state index contributed by atoms with van der Waals surface area (Å²) in [5.41, 5.74) is 1.83. The predicted molar refractivity (Wildman–Crippen MR) is 72.8 cm³/mol. The van der Waals surface area contributed by atoms with Gasteiger partial charge in [0.25, 0.3) is 0 Å². The summed E-state index contributed by atoms with van der Waals surface area (Å²) in [6.45, 7) is 0.778. The molecule has 0 radical (unpaired) electrons. The van der Waals surface area contributed by atoms with Gasteiger partial charge in [0.1, 0.15) is 0 Å². The molecule has 0 aliphatic rings. The smallest absolute Gasteiger partial charge is 0.216 e. The first-order chi connectivity index (χ1) is 9.59. The van der Waals surface area contributed by atoms with Crippen molar-refractivity contribution in [2.24, 2.45) is 0 Å². The maximum Gasteiger partial charge on any atom is 0.216 e. The molecule has 1 aromatic carbocycles. The van der Waals surface area contributed by atoms with Gasteiger partial charge in [-0.25, -0.2) is 13.1 Å². The molecule has 0 aliphatic heterocycles. The van der Waals surface area contributed by atoms with E-state index >= 15 is 0 Å². The Hall–Kier alpha value is -1.84. The van der Waals surface area contributed by atoms with Gasteiger partial charge >= 0.3 is 0 Å². The number of sulfonamides is 1. The van der Waals surface area contributed by atoms with Crippen molar-refractivity contribution in [1.82, 2.24) is 30.7 Å². The van der Waals surface area contributed by atoms with Gasteiger partial charge in [-0.3, -0.25) is 0 Å². The lowest BCUT2D eigenvalue weighted by Gasteiger charge is -2.06. The molecule has 1 aromatic heterocycles. The van der Waals surface area contributed by atoms with E-state index in [4.69, 9.17) is 0 Å². The van der Waals surface area contributed by atoms with Crippen molar-refractivity contribution in [3.63, 3.8) is 0 Å². The number of aromatic nitrogens is 4. The molecule has 2 aromatic rings. The van der Waals surface area contributed by atoms with Gasteiger partial charge in [-0.1, -0.05) is 29.5 Å². The summed E-state index contributed by atoms with van der Waals surface area (Å²) in [6.07, 6.45) is 0. The second kappa shape index (κ2) is 6.55. The van der Waals surface area contributed by atoms with Crippen molar-refractivity contribution in [2.75, 3.05) is 7.05 Å². The molecule has 0 unspecified atom stereocenters. The first-order valence-corrected chi connectivity index (χ1v) is 7.66. The standard InChI is InChI=1S/C11H16N6O2S/c1-12-6-9-2-4-10(5-3-9)8-20(18,19)13-7-11-14-16-17-15-11/h2-5,12-13H,6-8H2,1H3,(H,14,15,16,17). The van der Waals surface area contributed by atoms with Crippen LogP contribution in [0.2, 0.25) is 0 Å². The first kappa shape index (κ1) is 14.6. The van der Waals surface area contributed by atoms with Gasteiger partial charge in [0.15, 0.2) is 5.82 Å². The van der Waals surface area contributed by atoms with Crippen molar-refractivity contribution in [3.05, 3.63) is 41.2 Å². The lowest BCUT2D eigenvalue weighted by atomic mass is 10.1. The van der Waals surface area contributed by atoms with Crippen LogP contribution < -0.4 is 10.0 Å². The third kappa shape index (κ3) is 4.37. The van der Waals surface area contributed by atoms with Crippen LogP contribution >= 0.6 is 0 Å². The second-order valence-electron chi connectivity index (χ2n) is 4.26. The predicted octanol–water partition coefficient (Wildman–Crippen LogP) is -0.461. The highest BCUT2D eigenvalue weighted by molar-refractivity contribution is 7.88. The van der Waals surface area contributed by atoms with Gasteiger partial charge in [-0.2, -0.15) is 5.21 Å². The summed E-state index contributed by atoms with van der Waals surface area (Å²) in [4.78, 5) is 0. The van der Waals surface area contributed by atoms with E-state index in [0.717, 1.165) is 17.7 Å². The van der Waals surface area contributed by atoms with Crippen molar-refractivity contribution in [2.45, 2.75) is 18.8 Å². The Bertz CT molecular complexity index is 623. The molecule has 0 fully saturated rings. The van der Waals surface area contributed by atoms with E-state index in [0.29, 0.717) is 5.82 Å². The molecule has 20 heavy (non-hydrogen) atoms. The fourth-order valence-electron chi connectivity index (χ4n) is 1.66. The highest BCUT2D eigenvalue weighted by Crippen LogP contribution is 2.08. The molecule has 0 atom stereocenters. The number of nitrogens with zero attached hydrogens (tertiary/aromatic N) is 3. The summed E-state index contributed by atoms with van der Waals surface area (Å²) in [6, 6.07) is 7.42. The van der Waals surface area contributed by atoms with Crippen molar-refractivity contribution >= 4 is 10.0 Å². The van der Waals surface area contributed by atoms with Gasteiger partial charge in [0, 0.05) is 6.54 Å². The Morgan fingerprint density at radius 3 is 2.45 bits per heavy atom. The number of hydrogen-bond donors (Lipinski definition) is 3. The molecule has 0 saturated heterocycles. The molecular formula is C11H16N6O2S. The molecule has 0 aliphatic carbocycles. The molecule has 108 valence electrons. The fourth-order valence-corrected chi connectivity index (χ4v) is 2.74. The van der Waals surface area contributed by atoms with E-state index in [1.54, 1.807) is 12.1 Å². The zero-order valence-corrected chi connectivity index (χ0v) is 11.8. The summed E-state index contributed by atoms with van der Waals surface area (Å²) >= 11 is 0. The third-order valence-corrected chi connectivity index (χ3v) is 3.90.